The lowest BCUT2D eigenvalue weighted by molar-refractivity contribution is -0.139. The molecule has 1 atom stereocenters. The SMILES string of the molecule is C=C(C#N)C(=O)OCCC(O)CC. The first-order chi connectivity index (χ1) is 6.11. The van der Waals surface area contributed by atoms with Crippen molar-refractivity contribution >= 4 is 5.97 Å². The van der Waals surface area contributed by atoms with Crippen molar-refractivity contribution in [3.8, 4) is 6.07 Å². The van der Waals surface area contributed by atoms with Gasteiger partial charge in [-0.05, 0) is 6.42 Å². The monoisotopic (exact) mass is 183 g/mol. The normalized spacial score (nSPS) is 11.5. The molecular weight excluding hydrogens is 170 g/mol. The number of aliphatic hydroxyl groups excluding tert-OH is 1. The number of carbonyl (C=O) groups is 1. The first-order valence-corrected chi connectivity index (χ1v) is 4.06. The fraction of sp³-hybridized carbons (Fsp3) is 0.556. The van der Waals surface area contributed by atoms with Crippen molar-refractivity contribution in [1.82, 2.24) is 0 Å². The Hall–Kier alpha value is -1.34. The maximum atomic E-state index is 10.8. The Morgan fingerprint density at radius 2 is 2.38 bits per heavy atom. The molecule has 0 saturated carbocycles. The second kappa shape index (κ2) is 6.21. The molecule has 0 radical (unpaired) electrons. The number of hydrogen-bond acceptors (Lipinski definition) is 4. The number of aliphatic hydroxyl groups is 1. The molecule has 0 aromatic heterocycles. The van der Waals surface area contributed by atoms with Gasteiger partial charge in [-0.25, -0.2) is 4.79 Å². The molecule has 0 bridgehead atoms. The van der Waals surface area contributed by atoms with Crippen molar-refractivity contribution < 1.29 is 14.6 Å². The number of esters is 1. The van der Waals surface area contributed by atoms with Gasteiger partial charge in [-0.1, -0.05) is 13.5 Å². The van der Waals surface area contributed by atoms with E-state index >= 15 is 0 Å². The minimum absolute atomic E-state index is 0.120. The van der Waals surface area contributed by atoms with E-state index in [-0.39, 0.29) is 12.2 Å². The minimum Gasteiger partial charge on any atom is -0.461 e. The molecule has 13 heavy (non-hydrogen) atoms. The van der Waals surface area contributed by atoms with E-state index in [9.17, 15) is 4.79 Å². The zero-order valence-electron chi connectivity index (χ0n) is 7.62. The number of nitriles is 1. The van der Waals surface area contributed by atoms with Crippen LogP contribution in [0.4, 0.5) is 0 Å². The molecule has 0 aliphatic carbocycles. The van der Waals surface area contributed by atoms with Crippen LogP contribution in [0.2, 0.25) is 0 Å². The number of hydrogen-bond donors (Lipinski definition) is 1. The summed E-state index contributed by atoms with van der Waals surface area (Å²) in [5.41, 5.74) is -0.217. The molecule has 4 heteroatoms. The van der Waals surface area contributed by atoms with Crippen molar-refractivity contribution in [3.05, 3.63) is 12.2 Å². The van der Waals surface area contributed by atoms with Gasteiger partial charge >= 0.3 is 5.97 Å². The van der Waals surface area contributed by atoms with Crippen LogP contribution in [0.1, 0.15) is 19.8 Å². The third-order valence-electron chi connectivity index (χ3n) is 1.54. The Kier molecular flexibility index (Phi) is 5.57. The average molecular weight is 183 g/mol. The number of carbonyl (C=O) groups excluding carboxylic acids is 1. The summed E-state index contributed by atoms with van der Waals surface area (Å²) < 4.78 is 4.65. The highest BCUT2D eigenvalue weighted by Crippen LogP contribution is 1.99. The second-order valence-electron chi connectivity index (χ2n) is 2.58. The van der Waals surface area contributed by atoms with E-state index in [0.29, 0.717) is 12.8 Å². The van der Waals surface area contributed by atoms with Gasteiger partial charge in [0.2, 0.25) is 0 Å². The van der Waals surface area contributed by atoms with Gasteiger partial charge in [0.05, 0.1) is 12.7 Å². The average Bonchev–Trinajstić information content (AvgIpc) is 2.15. The van der Waals surface area contributed by atoms with Gasteiger partial charge in [0, 0.05) is 6.42 Å². The fourth-order valence-corrected chi connectivity index (χ4v) is 0.625. The zero-order chi connectivity index (χ0) is 10.3. The van der Waals surface area contributed by atoms with Gasteiger partial charge in [0.25, 0.3) is 0 Å². The van der Waals surface area contributed by atoms with Gasteiger partial charge in [-0.3, -0.25) is 0 Å². The first kappa shape index (κ1) is 11.7. The largest absolute Gasteiger partial charge is 0.461 e. The smallest absolute Gasteiger partial charge is 0.348 e. The molecule has 0 spiro atoms. The lowest BCUT2D eigenvalue weighted by atomic mass is 10.2. The fourth-order valence-electron chi connectivity index (χ4n) is 0.625. The Morgan fingerprint density at radius 3 is 2.85 bits per heavy atom. The second-order valence-corrected chi connectivity index (χ2v) is 2.58. The summed E-state index contributed by atoms with van der Waals surface area (Å²) in [5.74, 6) is -0.717. The highest BCUT2D eigenvalue weighted by atomic mass is 16.5. The molecule has 0 aliphatic rings. The molecule has 0 aliphatic heterocycles. The summed E-state index contributed by atoms with van der Waals surface area (Å²) >= 11 is 0. The molecule has 4 nitrogen and oxygen atoms in total. The number of rotatable bonds is 5. The predicted octanol–water partition coefficient (Wildman–Crippen LogP) is 0.770. The summed E-state index contributed by atoms with van der Waals surface area (Å²) in [6.45, 7) is 5.15. The molecular formula is C9H13NO3. The van der Waals surface area contributed by atoms with E-state index in [1.165, 1.54) is 0 Å². The van der Waals surface area contributed by atoms with E-state index in [1.807, 2.05) is 6.92 Å². The van der Waals surface area contributed by atoms with Gasteiger partial charge in [0.1, 0.15) is 11.6 Å². The summed E-state index contributed by atoms with van der Waals surface area (Å²) in [5, 5.41) is 17.3. The molecule has 0 aromatic rings. The van der Waals surface area contributed by atoms with Gasteiger partial charge in [0.15, 0.2) is 0 Å². The number of nitrogens with zero attached hydrogens (tertiary/aromatic N) is 1. The molecule has 0 aromatic carbocycles. The summed E-state index contributed by atoms with van der Waals surface area (Å²) in [4.78, 5) is 10.8. The van der Waals surface area contributed by atoms with Crippen LogP contribution in [0.3, 0.4) is 0 Å². The predicted molar refractivity (Wildman–Crippen MR) is 46.6 cm³/mol. The van der Waals surface area contributed by atoms with Gasteiger partial charge < -0.3 is 9.84 Å². The summed E-state index contributed by atoms with van der Waals surface area (Å²) in [6, 6.07) is 1.59. The van der Waals surface area contributed by atoms with Crippen LogP contribution in [0.25, 0.3) is 0 Å². The molecule has 0 saturated heterocycles. The summed E-state index contributed by atoms with van der Waals surface area (Å²) in [6.07, 6.45) is 0.556. The molecule has 1 unspecified atom stereocenters. The van der Waals surface area contributed by atoms with E-state index in [1.54, 1.807) is 6.07 Å². The minimum atomic E-state index is -0.717. The first-order valence-electron chi connectivity index (χ1n) is 4.06. The van der Waals surface area contributed by atoms with Crippen LogP contribution in [0.5, 0.6) is 0 Å². The number of ether oxygens (including phenoxy) is 1. The molecule has 0 heterocycles. The van der Waals surface area contributed by atoms with Crippen molar-refractivity contribution in [2.75, 3.05) is 6.61 Å². The van der Waals surface area contributed by atoms with E-state index in [4.69, 9.17) is 10.4 Å². The van der Waals surface area contributed by atoms with Gasteiger partial charge in [-0.15, -0.1) is 0 Å². The van der Waals surface area contributed by atoms with E-state index in [0.717, 1.165) is 0 Å². The molecule has 0 rings (SSSR count). The van der Waals surface area contributed by atoms with Crippen LogP contribution in [0, 0.1) is 11.3 Å². The topological polar surface area (TPSA) is 70.3 Å². The van der Waals surface area contributed by atoms with Crippen molar-refractivity contribution in [2.45, 2.75) is 25.9 Å². The molecule has 1 N–H and O–H groups in total. The lowest BCUT2D eigenvalue weighted by Gasteiger charge is -2.07. The Morgan fingerprint density at radius 1 is 1.77 bits per heavy atom. The summed E-state index contributed by atoms with van der Waals surface area (Å²) in [7, 11) is 0. The maximum Gasteiger partial charge on any atom is 0.348 e. The van der Waals surface area contributed by atoms with E-state index < -0.39 is 12.1 Å². The Balaban J connectivity index is 3.61. The van der Waals surface area contributed by atoms with Crippen molar-refractivity contribution in [2.24, 2.45) is 0 Å². The van der Waals surface area contributed by atoms with Crippen LogP contribution in [0.15, 0.2) is 12.2 Å². The van der Waals surface area contributed by atoms with E-state index in [2.05, 4.69) is 11.3 Å². The zero-order valence-corrected chi connectivity index (χ0v) is 7.62. The van der Waals surface area contributed by atoms with Crippen molar-refractivity contribution in [1.29, 1.82) is 5.26 Å². The van der Waals surface area contributed by atoms with Crippen LogP contribution >= 0.6 is 0 Å². The van der Waals surface area contributed by atoms with Crippen LogP contribution in [-0.4, -0.2) is 23.8 Å². The quantitative estimate of drug-likeness (QED) is 0.388. The van der Waals surface area contributed by atoms with Gasteiger partial charge in [-0.2, -0.15) is 5.26 Å². The maximum absolute atomic E-state index is 10.8. The molecule has 72 valence electrons. The highest BCUT2D eigenvalue weighted by molar-refractivity contribution is 5.91. The molecule has 0 fully saturated rings. The lowest BCUT2D eigenvalue weighted by Crippen LogP contribution is -2.13. The highest BCUT2D eigenvalue weighted by Gasteiger charge is 2.08. The third-order valence-corrected chi connectivity index (χ3v) is 1.54. The van der Waals surface area contributed by atoms with Crippen molar-refractivity contribution in [3.63, 3.8) is 0 Å². The Bertz CT molecular complexity index is 230. The Labute approximate surface area is 77.4 Å². The van der Waals surface area contributed by atoms with Crippen LogP contribution in [-0.2, 0) is 9.53 Å². The standard InChI is InChI=1S/C9H13NO3/c1-3-8(11)4-5-13-9(12)7(2)6-10/h8,11H,2-5H2,1H3. The van der Waals surface area contributed by atoms with Crippen LogP contribution < -0.4 is 0 Å². The molecule has 0 amide bonds. The third kappa shape index (κ3) is 4.99.